The highest BCUT2D eigenvalue weighted by Gasteiger charge is 2.14. The number of hydrogen-bond donors (Lipinski definition) is 2. The van der Waals surface area contributed by atoms with E-state index in [-0.39, 0.29) is 23.8 Å². The maximum atomic E-state index is 12.3. The summed E-state index contributed by atoms with van der Waals surface area (Å²) in [5, 5.41) is 9.58. The van der Waals surface area contributed by atoms with E-state index >= 15 is 0 Å². The van der Waals surface area contributed by atoms with E-state index in [4.69, 9.17) is 0 Å². The zero-order valence-corrected chi connectivity index (χ0v) is 16.8. The second-order valence-corrected chi connectivity index (χ2v) is 7.76. The van der Waals surface area contributed by atoms with Crippen LogP contribution in [-0.2, 0) is 16.8 Å². The molecule has 0 spiro atoms. The van der Waals surface area contributed by atoms with Gasteiger partial charge >= 0.3 is 0 Å². The average Bonchev–Trinajstić information content (AvgIpc) is 3.25. The molecule has 0 atom stereocenters. The van der Waals surface area contributed by atoms with Gasteiger partial charge in [-0.3, -0.25) is 9.59 Å². The van der Waals surface area contributed by atoms with Crippen LogP contribution in [0, 0.1) is 0 Å². The Labute approximate surface area is 170 Å². The molecule has 0 bridgehead atoms. The molecule has 7 heteroatoms. The first-order valence-corrected chi connectivity index (χ1v) is 9.43. The maximum Gasteiger partial charge on any atom is 0.251 e. The van der Waals surface area contributed by atoms with Gasteiger partial charge in [0.25, 0.3) is 5.91 Å². The number of carbonyl (C=O) groups is 2. The van der Waals surface area contributed by atoms with Gasteiger partial charge in [0.15, 0.2) is 5.82 Å². The van der Waals surface area contributed by atoms with Gasteiger partial charge in [-0.1, -0.05) is 32.9 Å². The van der Waals surface area contributed by atoms with E-state index in [0.29, 0.717) is 17.9 Å². The topological polar surface area (TPSA) is 88.9 Å². The van der Waals surface area contributed by atoms with E-state index in [1.54, 1.807) is 35.4 Å². The highest BCUT2D eigenvalue weighted by Crippen LogP contribution is 2.22. The first-order valence-electron chi connectivity index (χ1n) is 9.43. The summed E-state index contributed by atoms with van der Waals surface area (Å²) in [5.74, 6) is 0.140. The summed E-state index contributed by atoms with van der Waals surface area (Å²) in [7, 11) is 0. The summed E-state index contributed by atoms with van der Waals surface area (Å²) >= 11 is 0. The molecule has 3 rings (SSSR count). The third-order valence-electron chi connectivity index (χ3n) is 4.46. The van der Waals surface area contributed by atoms with Gasteiger partial charge in [0.2, 0.25) is 5.91 Å². The van der Waals surface area contributed by atoms with Crippen molar-refractivity contribution < 1.29 is 9.59 Å². The molecule has 0 aliphatic heterocycles. The van der Waals surface area contributed by atoms with E-state index in [9.17, 15) is 9.59 Å². The quantitative estimate of drug-likeness (QED) is 0.676. The summed E-state index contributed by atoms with van der Waals surface area (Å²) in [6, 6.07) is 12.9. The lowest BCUT2D eigenvalue weighted by molar-refractivity contribution is -0.120. The highest BCUT2D eigenvalue weighted by molar-refractivity contribution is 5.96. The number of rotatable bonds is 6. The zero-order chi connectivity index (χ0) is 20.9. The third kappa shape index (κ3) is 5.51. The van der Waals surface area contributed by atoms with Crippen molar-refractivity contribution in [3.05, 3.63) is 77.7 Å². The second-order valence-electron chi connectivity index (χ2n) is 7.76. The summed E-state index contributed by atoms with van der Waals surface area (Å²) < 4.78 is 1.65. The van der Waals surface area contributed by atoms with Crippen molar-refractivity contribution in [1.82, 2.24) is 25.4 Å². The number of pyridine rings is 1. The molecule has 0 radical (unpaired) electrons. The van der Waals surface area contributed by atoms with E-state index in [1.165, 1.54) is 0 Å². The molecule has 2 N–H and O–H groups in total. The van der Waals surface area contributed by atoms with Crippen LogP contribution in [0.2, 0.25) is 0 Å². The van der Waals surface area contributed by atoms with Crippen LogP contribution in [-0.4, -0.2) is 33.1 Å². The van der Waals surface area contributed by atoms with Crippen LogP contribution < -0.4 is 10.6 Å². The zero-order valence-electron chi connectivity index (χ0n) is 16.8. The smallest absolute Gasteiger partial charge is 0.251 e. The van der Waals surface area contributed by atoms with Gasteiger partial charge in [0, 0.05) is 30.7 Å². The molecule has 7 nitrogen and oxygen atoms in total. The predicted molar refractivity (Wildman–Crippen MR) is 111 cm³/mol. The number of aromatic nitrogens is 3. The summed E-state index contributed by atoms with van der Waals surface area (Å²) in [6.45, 7) is 6.61. The molecular weight excluding hydrogens is 366 g/mol. The average molecular weight is 391 g/mol. The Bertz CT molecular complexity index is 973. The minimum Gasteiger partial charge on any atom is -0.350 e. The van der Waals surface area contributed by atoms with Crippen molar-refractivity contribution in [2.45, 2.75) is 32.7 Å². The summed E-state index contributed by atoms with van der Waals surface area (Å²) in [4.78, 5) is 28.6. The van der Waals surface area contributed by atoms with Crippen LogP contribution in [0.1, 0.15) is 42.3 Å². The Morgan fingerprint density at radius 1 is 1.03 bits per heavy atom. The first-order chi connectivity index (χ1) is 13.8. The number of benzene rings is 1. The fourth-order valence-electron chi connectivity index (χ4n) is 2.75. The van der Waals surface area contributed by atoms with Crippen molar-refractivity contribution >= 4 is 11.8 Å². The molecule has 0 unspecified atom stereocenters. The van der Waals surface area contributed by atoms with Crippen LogP contribution in [0.15, 0.2) is 61.1 Å². The van der Waals surface area contributed by atoms with Gasteiger partial charge in [0.05, 0.1) is 6.54 Å². The second kappa shape index (κ2) is 8.68. The molecule has 2 aromatic heterocycles. The van der Waals surface area contributed by atoms with E-state index in [0.717, 1.165) is 11.1 Å². The number of carbonyl (C=O) groups excluding carboxylic acids is 2. The van der Waals surface area contributed by atoms with Crippen LogP contribution in [0.3, 0.4) is 0 Å². The number of amides is 2. The van der Waals surface area contributed by atoms with E-state index in [1.807, 2.05) is 30.3 Å². The van der Waals surface area contributed by atoms with Gasteiger partial charge in [0.1, 0.15) is 0 Å². The maximum absolute atomic E-state index is 12.3. The molecule has 3 aromatic rings. The molecule has 0 fully saturated rings. The summed E-state index contributed by atoms with van der Waals surface area (Å²) in [6.07, 6.45) is 5.14. The van der Waals surface area contributed by atoms with Gasteiger partial charge in [-0.2, -0.15) is 5.10 Å². The van der Waals surface area contributed by atoms with Gasteiger partial charge in [-0.15, -0.1) is 0 Å². The number of nitrogens with zero attached hydrogens (tertiary/aromatic N) is 3. The minimum atomic E-state index is -0.273. The minimum absolute atomic E-state index is 0.0269. The Kier molecular flexibility index (Phi) is 6.07. The Morgan fingerprint density at radius 2 is 1.79 bits per heavy atom. The largest absolute Gasteiger partial charge is 0.350 e. The number of hydrogen-bond acceptors (Lipinski definition) is 4. The number of nitrogens with one attached hydrogen (secondary N) is 2. The summed E-state index contributed by atoms with van der Waals surface area (Å²) in [5.41, 5.74) is 2.60. The molecule has 0 aliphatic carbocycles. The van der Waals surface area contributed by atoms with Crippen LogP contribution >= 0.6 is 0 Å². The molecule has 2 amide bonds. The van der Waals surface area contributed by atoms with Crippen LogP contribution in [0.5, 0.6) is 0 Å². The van der Waals surface area contributed by atoms with Gasteiger partial charge < -0.3 is 10.6 Å². The Hall–Kier alpha value is -3.48. The van der Waals surface area contributed by atoms with Crippen molar-refractivity contribution in [2.24, 2.45) is 0 Å². The van der Waals surface area contributed by atoms with Crippen molar-refractivity contribution in [1.29, 1.82) is 0 Å². The molecule has 150 valence electrons. The molecular formula is C22H25N5O2. The predicted octanol–water partition coefficient (Wildman–Crippen LogP) is 2.61. The molecule has 0 saturated heterocycles. The normalized spacial score (nSPS) is 11.1. The van der Waals surface area contributed by atoms with Gasteiger partial charge in [-0.25, -0.2) is 9.67 Å². The molecule has 1 aromatic carbocycles. The fraction of sp³-hybridized carbons (Fsp3) is 0.273. The lowest BCUT2D eigenvalue weighted by atomic mass is 9.87. The van der Waals surface area contributed by atoms with Crippen molar-refractivity contribution in [3.63, 3.8) is 0 Å². The van der Waals surface area contributed by atoms with Crippen molar-refractivity contribution in [2.75, 3.05) is 6.54 Å². The molecule has 29 heavy (non-hydrogen) atoms. The Balaban J connectivity index is 1.49. The lowest BCUT2D eigenvalue weighted by Gasteiger charge is -2.19. The third-order valence-corrected chi connectivity index (χ3v) is 4.46. The lowest BCUT2D eigenvalue weighted by Crippen LogP contribution is -2.36. The molecule has 0 saturated carbocycles. The van der Waals surface area contributed by atoms with Crippen LogP contribution in [0.4, 0.5) is 0 Å². The highest BCUT2D eigenvalue weighted by atomic mass is 16.2. The van der Waals surface area contributed by atoms with Crippen LogP contribution in [0.25, 0.3) is 5.82 Å². The monoisotopic (exact) mass is 391 g/mol. The van der Waals surface area contributed by atoms with Gasteiger partial charge in [-0.05, 0) is 46.9 Å². The Morgan fingerprint density at radius 3 is 2.45 bits per heavy atom. The SMILES string of the molecule is CC(C)(C)c1ccc(C(=O)NCC(=O)NCc2ccnc(-n3cccn3)c2)cc1. The van der Waals surface area contributed by atoms with E-state index < -0.39 is 0 Å². The van der Waals surface area contributed by atoms with Crippen molar-refractivity contribution in [3.8, 4) is 5.82 Å². The molecule has 0 aliphatic rings. The fourth-order valence-corrected chi connectivity index (χ4v) is 2.75. The first kappa shape index (κ1) is 20.3. The van der Waals surface area contributed by atoms with E-state index in [2.05, 4.69) is 41.5 Å². The molecule has 2 heterocycles. The standard InChI is InChI=1S/C22H25N5O2/c1-22(2,3)18-7-5-17(6-8-18)21(29)25-15-20(28)24-14-16-9-11-23-19(13-16)27-12-4-10-26-27/h4-13H,14-15H2,1-3H3,(H,24,28)(H,25,29).